The Balaban J connectivity index is 1.97. The van der Waals surface area contributed by atoms with Crippen LogP contribution in [0.1, 0.15) is 57.2 Å². The maximum atomic E-state index is 4.83. The summed E-state index contributed by atoms with van der Waals surface area (Å²) in [5, 5.41) is 3.50. The molecule has 0 unspecified atom stereocenters. The highest BCUT2D eigenvalue weighted by Gasteiger charge is 2.19. The van der Waals surface area contributed by atoms with E-state index >= 15 is 0 Å². The van der Waals surface area contributed by atoms with Crippen molar-refractivity contribution in [1.82, 2.24) is 10.3 Å². The van der Waals surface area contributed by atoms with Crippen molar-refractivity contribution < 1.29 is 0 Å². The van der Waals surface area contributed by atoms with Gasteiger partial charge in [-0.1, -0.05) is 39.2 Å². The Kier molecular flexibility index (Phi) is 6.04. The van der Waals surface area contributed by atoms with E-state index in [1.54, 1.807) is 0 Å². The predicted molar refractivity (Wildman–Crippen MR) is 90.8 cm³/mol. The number of anilines is 1. The van der Waals surface area contributed by atoms with Crippen LogP contribution in [0.3, 0.4) is 0 Å². The van der Waals surface area contributed by atoms with Gasteiger partial charge in [0.2, 0.25) is 0 Å². The molecule has 0 spiro atoms. The number of hydrogen-bond acceptors (Lipinski definition) is 3. The van der Waals surface area contributed by atoms with Crippen LogP contribution in [0.25, 0.3) is 0 Å². The minimum atomic E-state index is 0.676. The zero-order valence-electron chi connectivity index (χ0n) is 14.2. The Labute approximate surface area is 130 Å². The number of pyridine rings is 1. The first-order valence-electron chi connectivity index (χ1n) is 8.48. The minimum Gasteiger partial charge on any atom is -0.357 e. The first kappa shape index (κ1) is 16.3. The van der Waals surface area contributed by atoms with E-state index in [0.717, 1.165) is 24.6 Å². The molecule has 1 aromatic heterocycles. The molecule has 21 heavy (non-hydrogen) atoms. The van der Waals surface area contributed by atoms with Gasteiger partial charge in [0.15, 0.2) is 0 Å². The second-order valence-corrected chi connectivity index (χ2v) is 6.84. The molecule has 1 N–H and O–H groups in total. The third-order valence-electron chi connectivity index (χ3n) is 4.53. The SMILES string of the molecule is Cc1nc(N(C)C2CCCCC2)ccc1CNCC(C)C. The van der Waals surface area contributed by atoms with Gasteiger partial charge in [-0.25, -0.2) is 4.98 Å². The molecule has 2 rings (SSSR count). The average molecular weight is 289 g/mol. The lowest BCUT2D eigenvalue weighted by Gasteiger charge is -2.32. The zero-order valence-corrected chi connectivity index (χ0v) is 14.2. The molecule has 3 nitrogen and oxygen atoms in total. The van der Waals surface area contributed by atoms with Crippen molar-refractivity contribution in [2.75, 3.05) is 18.5 Å². The molecule has 1 aliphatic rings. The summed E-state index contributed by atoms with van der Waals surface area (Å²) < 4.78 is 0. The molecule has 1 saturated carbocycles. The number of rotatable bonds is 6. The molecular formula is C18H31N3. The van der Waals surface area contributed by atoms with E-state index in [1.165, 1.54) is 37.7 Å². The summed E-state index contributed by atoms with van der Waals surface area (Å²) in [6, 6.07) is 5.11. The molecule has 0 aliphatic heterocycles. The van der Waals surface area contributed by atoms with Crippen LogP contribution in [0.4, 0.5) is 5.82 Å². The molecule has 1 fully saturated rings. The molecule has 3 heteroatoms. The highest BCUT2D eigenvalue weighted by Crippen LogP contribution is 2.25. The van der Waals surface area contributed by atoms with E-state index < -0.39 is 0 Å². The quantitative estimate of drug-likeness (QED) is 0.860. The summed E-state index contributed by atoms with van der Waals surface area (Å²) in [6.45, 7) is 8.58. The number of nitrogens with one attached hydrogen (secondary N) is 1. The van der Waals surface area contributed by atoms with Gasteiger partial charge < -0.3 is 10.2 Å². The number of aryl methyl sites for hydroxylation is 1. The number of hydrogen-bond donors (Lipinski definition) is 1. The van der Waals surface area contributed by atoms with Gasteiger partial charge in [-0.2, -0.15) is 0 Å². The van der Waals surface area contributed by atoms with E-state index in [2.05, 4.69) is 50.2 Å². The summed E-state index contributed by atoms with van der Waals surface area (Å²) in [6.07, 6.45) is 6.76. The van der Waals surface area contributed by atoms with Gasteiger partial charge in [-0.15, -0.1) is 0 Å². The van der Waals surface area contributed by atoms with Crippen molar-refractivity contribution in [1.29, 1.82) is 0 Å². The van der Waals surface area contributed by atoms with Crippen LogP contribution in [-0.2, 0) is 6.54 Å². The van der Waals surface area contributed by atoms with Crippen LogP contribution in [0.15, 0.2) is 12.1 Å². The lowest BCUT2D eigenvalue weighted by molar-refractivity contribution is 0.426. The number of nitrogens with zero attached hydrogens (tertiary/aromatic N) is 2. The third-order valence-corrected chi connectivity index (χ3v) is 4.53. The Morgan fingerprint density at radius 2 is 1.95 bits per heavy atom. The monoisotopic (exact) mass is 289 g/mol. The third kappa shape index (κ3) is 4.70. The van der Waals surface area contributed by atoms with Gasteiger partial charge in [0.1, 0.15) is 5.82 Å². The minimum absolute atomic E-state index is 0.676. The fraction of sp³-hybridized carbons (Fsp3) is 0.722. The highest BCUT2D eigenvalue weighted by molar-refractivity contribution is 5.42. The molecule has 0 saturated heterocycles. The molecule has 1 aromatic rings. The van der Waals surface area contributed by atoms with Crippen molar-refractivity contribution in [3.05, 3.63) is 23.4 Å². The Bertz CT molecular complexity index is 436. The summed E-state index contributed by atoms with van der Waals surface area (Å²) in [5.41, 5.74) is 2.47. The molecule has 1 aliphatic carbocycles. The van der Waals surface area contributed by atoms with Crippen LogP contribution >= 0.6 is 0 Å². The van der Waals surface area contributed by atoms with Crippen LogP contribution < -0.4 is 10.2 Å². The fourth-order valence-corrected chi connectivity index (χ4v) is 3.11. The maximum Gasteiger partial charge on any atom is 0.128 e. The summed E-state index contributed by atoms with van der Waals surface area (Å²) in [7, 11) is 2.20. The van der Waals surface area contributed by atoms with Crippen molar-refractivity contribution in [3.63, 3.8) is 0 Å². The Morgan fingerprint density at radius 1 is 1.24 bits per heavy atom. The largest absolute Gasteiger partial charge is 0.357 e. The lowest BCUT2D eigenvalue weighted by Crippen LogP contribution is -2.34. The molecule has 0 bridgehead atoms. The summed E-state index contributed by atoms with van der Waals surface area (Å²) >= 11 is 0. The van der Waals surface area contributed by atoms with Crippen molar-refractivity contribution in [2.24, 2.45) is 5.92 Å². The molecule has 0 radical (unpaired) electrons. The first-order chi connectivity index (χ1) is 10.1. The van der Waals surface area contributed by atoms with E-state index in [4.69, 9.17) is 4.98 Å². The number of aromatic nitrogens is 1. The molecule has 0 amide bonds. The zero-order chi connectivity index (χ0) is 15.2. The molecular weight excluding hydrogens is 258 g/mol. The summed E-state index contributed by atoms with van der Waals surface area (Å²) in [4.78, 5) is 7.22. The Morgan fingerprint density at radius 3 is 2.57 bits per heavy atom. The lowest BCUT2D eigenvalue weighted by atomic mass is 9.94. The second kappa shape index (κ2) is 7.79. The van der Waals surface area contributed by atoms with Crippen LogP contribution in [0.5, 0.6) is 0 Å². The average Bonchev–Trinajstić information content (AvgIpc) is 2.48. The van der Waals surface area contributed by atoms with E-state index in [-0.39, 0.29) is 0 Å². The van der Waals surface area contributed by atoms with E-state index in [9.17, 15) is 0 Å². The topological polar surface area (TPSA) is 28.2 Å². The van der Waals surface area contributed by atoms with Gasteiger partial charge in [0.25, 0.3) is 0 Å². The first-order valence-corrected chi connectivity index (χ1v) is 8.48. The van der Waals surface area contributed by atoms with Crippen LogP contribution in [-0.4, -0.2) is 24.6 Å². The van der Waals surface area contributed by atoms with Crippen molar-refractivity contribution in [2.45, 2.75) is 65.5 Å². The molecule has 0 aromatic carbocycles. The highest BCUT2D eigenvalue weighted by atomic mass is 15.2. The molecule has 1 heterocycles. The smallest absolute Gasteiger partial charge is 0.128 e. The Hall–Kier alpha value is -1.09. The van der Waals surface area contributed by atoms with Gasteiger partial charge in [0.05, 0.1) is 0 Å². The predicted octanol–water partition coefficient (Wildman–Crippen LogP) is 3.90. The van der Waals surface area contributed by atoms with Gasteiger partial charge in [-0.05, 0) is 43.9 Å². The van der Waals surface area contributed by atoms with E-state index in [0.29, 0.717) is 12.0 Å². The van der Waals surface area contributed by atoms with Crippen molar-refractivity contribution in [3.8, 4) is 0 Å². The van der Waals surface area contributed by atoms with E-state index in [1.807, 2.05) is 0 Å². The van der Waals surface area contributed by atoms with Gasteiger partial charge in [0, 0.05) is 25.3 Å². The van der Waals surface area contributed by atoms with Crippen molar-refractivity contribution >= 4 is 5.82 Å². The summed E-state index contributed by atoms with van der Waals surface area (Å²) in [5.74, 6) is 1.82. The standard InChI is InChI=1S/C18H31N3/c1-14(2)12-19-13-16-10-11-18(20-15(16)3)21(4)17-8-6-5-7-9-17/h10-11,14,17,19H,5-9,12-13H2,1-4H3. The van der Waals surface area contributed by atoms with Gasteiger partial charge in [-0.3, -0.25) is 0 Å². The molecule has 0 atom stereocenters. The van der Waals surface area contributed by atoms with Crippen LogP contribution in [0.2, 0.25) is 0 Å². The fourth-order valence-electron chi connectivity index (χ4n) is 3.11. The maximum absolute atomic E-state index is 4.83. The van der Waals surface area contributed by atoms with Gasteiger partial charge >= 0.3 is 0 Å². The second-order valence-electron chi connectivity index (χ2n) is 6.84. The van der Waals surface area contributed by atoms with Crippen LogP contribution in [0, 0.1) is 12.8 Å². The normalized spacial score (nSPS) is 16.4. The molecule has 118 valence electrons.